The van der Waals surface area contributed by atoms with E-state index in [1.54, 1.807) is 0 Å². The lowest BCUT2D eigenvalue weighted by atomic mass is 10.2. The maximum atomic E-state index is 6.10. The molecule has 3 rings (SSSR count). The summed E-state index contributed by atoms with van der Waals surface area (Å²) in [5.41, 5.74) is 1.84. The Morgan fingerprint density at radius 3 is 2.85 bits per heavy atom. The summed E-state index contributed by atoms with van der Waals surface area (Å²) in [6.07, 6.45) is 1.41. The van der Waals surface area contributed by atoms with Crippen molar-refractivity contribution in [3.8, 4) is 11.6 Å². The number of fused-ring (bicyclic) bond motifs is 1. The molecule has 3 aromatic rings. The summed E-state index contributed by atoms with van der Waals surface area (Å²) in [6.45, 7) is 3.84. The maximum absolute atomic E-state index is 6.10. The average Bonchev–Trinajstić information content (AvgIpc) is 2.85. The van der Waals surface area contributed by atoms with Crippen molar-refractivity contribution < 1.29 is 4.74 Å². The molecule has 0 N–H and O–H groups in total. The second-order valence-corrected chi connectivity index (χ2v) is 5.55. The molecule has 0 aliphatic rings. The van der Waals surface area contributed by atoms with Crippen molar-refractivity contribution in [3.05, 3.63) is 45.3 Å². The first-order chi connectivity index (χ1) is 9.56. The molecule has 0 radical (unpaired) electrons. The molecule has 2 aromatic heterocycles. The predicted molar refractivity (Wildman–Crippen MR) is 79.5 cm³/mol. The fraction of sp³-hybridized carbons (Fsp3) is 0.154. The van der Waals surface area contributed by atoms with Crippen LogP contribution in [0.1, 0.15) is 11.1 Å². The summed E-state index contributed by atoms with van der Waals surface area (Å²) in [4.78, 5) is 8.16. The van der Waals surface area contributed by atoms with Crippen LogP contribution in [0.3, 0.4) is 0 Å². The highest BCUT2D eigenvalue weighted by atomic mass is 79.9. The van der Waals surface area contributed by atoms with Crippen molar-refractivity contribution in [2.45, 2.75) is 13.8 Å². The summed E-state index contributed by atoms with van der Waals surface area (Å²) < 4.78 is 8.32. The Labute approximate surface area is 128 Å². The summed E-state index contributed by atoms with van der Waals surface area (Å²) in [5, 5.41) is 4.46. The lowest BCUT2D eigenvalue weighted by Crippen LogP contribution is -2.02. The Morgan fingerprint density at radius 1 is 1.30 bits per heavy atom. The van der Waals surface area contributed by atoms with Crippen LogP contribution in [0.15, 0.2) is 29.0 Å². The lowest BCUT2D eigenvalue weighted by molar-refractivity contribution is 0.439. The van der Waals surface area contributed by atoms with E-state index in [1.165, 1.54) is 10.8 Å². The van der Waals surface area contributed by atoms with Gasteiger partial charge in [0.15, 0.2) is 0 Å². The fourth-order valence-corrected chi connectivity index (χ4v) is 2.52. The number of nitrogens with zero attached hydrogens (tertiary/aromatic N) is 4. The summed E-state index contributed by atoms with van der Waals surface area (Å²) in [5.74, 6) is 1.58. The molecule has 7 heteroatoms. The largest absolute Gasteiger partial charge is 0.437 e. The first-order valence-electron chi connectivity index (χ1n) is 5.86. The van der Waals surface area contributed by atoms with Gasteiger partial charge in [-0.15, -0.1) is 0 Å². The molecule has 0 aliphatic heterocycles. The smallest absolute Gasteiger partial charge is 0.256 e. The standard InChI is InChI=1S/C13H10BrClN4O/c1-7-3-4-10(9(14)5-7)20-12-8(2)11(15)18-13-16-6-17-19(12)13/h3-6H,1-2H3. The van der Waals surface area contributed by atoms with Crippen LogP contribution >= 0.6 is 27.5 Å². The first-order valence-corrected chi connectivity index (χ1v) is 7.03. The quantitative estimate of drug-likeness (QED) is 0.655. The number of benzene rings is 1. The Kier molecular flexibility index (Phi) is 3.35. The van der Waals surface area contributed by atoms with E-state index in [0.29, 0.717) is 28.1 Å². The average molecular weight is 354 g/mol. The SMILES string of the molecule is Cc1ccc(Oc2c(C)c(Cl)nc3ncnn23)c(Br)c1. The number of hydrogen-bond donors (Lipinski definition) is 0. The summed E-state index contributed by atoms with van der Waals surface area (Å²) >= 11 is 9.58. The highest BCUT2D eigenvalue weighted by Crippen LogP contribution is 2.33. The molecule has 0 saturated carbocycles. The lowest BCUT2D eigenvalue weighted by Gasteiger charge is -2.12. The van der Waals surface area contributed by atoms with Gasteiger partial charge in [0.05, 0.1) is 4.47 Å². The van der Waals surface area contributed by atoms with Gasteiger partial charge < -0.3 is 4.74 Å². The fourth-order valence-electron chi connectivity index (χ4n) is 1.79. The van der Waals surface area contributed by atoms with Crippen LogP contribution in [0.2, 0.25) is 5.15 Å². The van der Waals surface area contributed by atoms with Gasteiger partial charge in [0.2, 0.25) is 5.88 Å². The van der Waals surface area contributed by atoms with E-state index in [9.17, 15) is 0 Å². The van der Waals surface area contributed by atoms with E-state index in [0.717, 1.165) is 10.0 Å². The number of hydrogen-bond acceptors (Lipinski definition) is 4. The van der Waals surface area contributed by atoms with Crippen LogP contribution in [0, 0.1) is 13.8 Å². The highest BCUT2D eigenvalue weighted by molar-refractivity contribution is 9.10. The third kappa shape index (κ3) is 2.25. The first kappa shape index (κ1) is 13.3. The van der Waals surface area contributed by atoms with Crippen LogP contribution in [-0.4, -0.2) is 19.6 Å². The van der Waals surface area contributed by atoms with Crippen molar-refractivity contribution >= 4 is 33.3 Å². The molecule has 0 atom stereocenters. The normalized spacial score (nSPS) is 11.0. The van der Waals surface area contributed by atoms with Gasteiger partial charge in [-0.3, -0.25) is 0 Å². The molecule has 0 aliphatic carbocycles. The van der Waals surface area contributed by atoms with Crippen LogP contribution in [-0.2, 0) is 0 Å². The highest BCUT2D eigenvalue weighted by Gasteiger charge is 2.15. The number of aromatic nitrogens is 4. The van der Waals surface area contributed by atoms with Gasteiger partial charge in [0, 0.05) is 5.56 Å². The van der Waals surface area contributed by atoms with Crippen molar-refractivity contribution in [1.29, 1.82) is 0 Å². The van der Waals surface area contributed by atoms with Gasteiger partial charge in [-0.25, -0.2) is 0 Å². The van der Waals surface area contributed by atoms with Crippen molar-refractivity contribution in [1.82, 2.24) is 19.6 Å². The van der Waals surface area contributed by atoms with Crippen LogP contribution in [0.4, 0.5) is 0 Å². The van der Waals surface area contributed by atoms with Gasteiger partial charge in [-0.2, -0.15) is 19.6 Å². The van der Waals surface area contributed by atoms with E-state index in [1.807, 2.05) is 32.0 Å². The Bertz CT molecular complexity index is 802. The van der Waals surface area contributed by atoms with Crippen LogP contribution in [0.25, 0.3) is 5.78 Å². The molecule has 102 valence electrons. The topological polar surface area (TPSA) is 52.3 Å². The minimum Gasteiger partial charge on any atom is -0.437 e. The van der Waals surface area contributed by atoms with Gasteiger partial charge >= 0.3 is 0 Å². The zero-order valence-corrected chi connectivity index (χ0v) is 13.1. The zero-order valence-electron chi connectivity index (χ0n) is 10.8. The molecule has 5 nitrogen and oxygen atoms in total. The van der Waals surface area contributed by atoms with Crippen molar-refractivity contribution in [3.63, 3.8) is 0 Å². The molecular formula is C13H10BrClN4O. The second-order valence-electron chi connectivity index (χ2n) is 4.34. The van der Waals surface area contributed by atoms with Gasteiger partial charge in [-0.05, 0) is 47.5 Å². The summed E-state index contributed by atoms with van der Waals surface area (Å²) in [7, 11) is 0. The zero-order chi connectivity index (χ0) is 14.3. The Morgan fingerprint density at radius 2 is 2.10 bits per heavy atom. The van der Waals surface area contributed by atoms with Gasteiger partial charge in [0.25, 0.3) is 5.78 Å². The molecule has 2 heterocycles. The Balaban J connectivity index is 2.14. The van der Waals surface area contributed by atoms with Crippen LogP contribution < -0.4 is 4.74 Å². The molecule has 1 aromatic carbocycles. The van der Waals surface area contributed by atoms with Gasteiger partial charge in [-0.1, -0.05) is 17.7 Å². The van der Waals surface area contributed by atoms with E-state index >= 15 is 0 Å². The van der Waals surface area contributed by atoms with Gasteiger partial charge in [0.1, 0.15) is 17.2 Å². The van der Waals surface area contributed by atoms with E-state index in [2.05, 4.69) is 31.0 Å². The second kappa shape index (κ2) is 5.03. The van der Waals surface area contributed by atoms with Crippen molar-refractivity contribution in [2.75, 3.05) is 0 Å². The Hall–Kier alpha value is -1.66. The molecular weight excluding hydrogens is 344 g/mol. The van der Waals surface area contributed by atoms with E-state index < -0.39 is 0 Å². The molecule has 20 heavy (non-hydrogen) atoms. The molecule has 0 saturated heterocycles. The van der Waals surface area contributed by atoms with E-state index in [4.69, 9.17) is 16.3 Å². The molecule has 0 amide bonds. The number of halogens is 2. The number of ether oxygens (including phenoxy) is 1. The number of rotatable bonds is 2. The van der Waals surface area contributed by atoms with Crippen LogP contribution in [0.5, 0.6) is 11.6 Å². The molecule has 0 bridgehead atoms. The predicted octanol–water partition coefficient (Wildman–Crippen LogP) is 3.95. The maximum Gasteiger partial charge on any atom is 0.256 e. The van der Waals surface area contributed by atoms with Crippen molar-refractivity contribution in [2.24, 2.45) is 0 Å². The molecule has 0 spiro atoms. The third-order valence-electron chi connectivity index (χ3n) is 2.84. The number of aryl methyl sites for hydroxylation is 1. The summed E-state index contributed by atoms with van der Waals surface area (Å²) in [6, 6.07) is 5.83. The monoisotopic (exact) mass is 352 g/mol. The minimum absolute atomic E-state index is 0.351. The van der Waals surface area contributed by atoms with E-state index in [-0.39, 0.29) is 0 Å². The minimum atomic E-state index is 0.351. The third-order valence-corrected chi connectivity index (χ3v) is 3.83. The molecule has 0 fully saturated rings. The molecule has 0 unspecified atom stereocenters.